The fourth-order valence-corrected chi connectivity index (χ4v) is 2.70. The van der Waals surface area contributed by atoms with Gasteiger partial charge < -0.3 is 10.2 Å². The molecule has 1 N–H and O–H groups in total. The summed E-state index contributed by atoms with van der Waals surface area (Å²) in [6.45, 7) is 7.79. The number of hydrogen-bond acceptors (Lipinski definition) is 4. The third-order valence-electron chi connectivity index (χ3n) is 4.07. The van der Waals surface area contributed by atoms with Crippen LogP contribution in [-0.4, -0.2) is 30.5 Å². The SMILES string of the molecule is CCN(CCNC(=O)c1ccc([N+](=O)[O-])c(C)c1)c1cccc(C)c1. The van der Waals surface area contributed by atoms with Crippen LogP contribution >= 0.6 is 0 Å². The van der Waals surface area contributed by atoms with E-state index in [1.54, 1.807) is 13.0 Å². The van der Waals surface area contributed by atoms with Crippen molar-refractivity contribution in [3.05, 3.63) is 69.3 Å². The lowest BCUT2D eigenvalue weighted by Crippen LogP contribution is -2.35. The molecule has 0 aromatic heterocycles. The van der Waals surface area contributed by atoms with Crippen molar-refractivity contribution in [2.45, 2.75) is 20.8 Å². The molecule has 25 heavy (non-hydrogen) atoms. The lowest BCUT2D eigenvalue weighted by molar-refractivity contribution is -0.385. The maximum Gasteiger partial charge on any atom is 0.272 e. The Kier molecular flexibility index (Phi) is 6.11. The van der Waals surface area contributed by atoms with Crippen LogP contribution in [0.3, 0.4) is 0 Å². The van der Waals surface area contributed by atoms with Crippen molar-refractivity contribution in [3.8, 4) is 0 Å². The molecular weight excluding hydrogens is 318 g/mol. The van der Waals surface area contributed by atoms with Crippen LogP contribution in [0.4, 0.5) is 11.4 Å². The molecule has 2 rings (SSSR count). The molecule has 0 aliphatic carbocycles. The third-order valence-corrected chi connectivity index (χ3v) is 4.07. The van der Waals surface area contributed by atoms with E-state index in [0.717, 1.165) is 12.2 Å². The summed E-state index contributed by atoms with van der Waals surface area (Å²) in [7, 11) is 0. The van der Waals surface area contributed by atoms with Gasteiger partial charge in [-0.1, -0.05) is 12.1 Å². The largest absolute Gasteiger partial charge is 0.370 e. The number of rotatable bonds is 7. The van der Waals surface area contributed by atoms with E-state index in [2.05, 4.69) is 42.3 Å². The molecule has 0 saturated carbocycles. The standard InChI is InChI=1S/C19H23N3O3/c1-4-21(17-7-5-6-14(2)12-17)11-10-20-19(23)16-8-9-18(22(24)25)15(3)13-16/h5-9,12-13H,4,10-11H2,1-3H3,(H,20,23). The van der Waals surface area contributed by atoms with Gasteiger partial charge in [0.15, 0.2) is 0 Å². The van der Waals surface area contributed by atoms with E-state index in [1.807, 2.05) is 6.07 Å². The highest BCUT2D eigenvalue weighted by atomic mass is 16.6. The van der Waals surface area contributed by atoms with Gasteiger partial charge in [-0.25, -0.2) is 0 Å². The van der Waals surface area contributed by atoms with Crippen molar-refractivity contribution in [2.75, 3.05) is 24.5 Å². The smallest absolute Gasteiger partial charge is 0.272 e. The van der Waals surface area contributed by atoms with Crippen LogP contribution < -0.4 is 10.2 Å². The Morgan fingerprint density at radius 2 is 1.96 bits per heavy atom. The number of amides is 1. The Balaban J connectivity index is 1.95. The summed E-state index contributed by atoms with van der Waals surface area (Å²) in [5, 5.41) is 13.7. The molecule has 0 atom stereocenters. The minimum atomic E-state index is -0.446. The first-order valence-electron chi connectivity index (χ1n) is 8.27. The van der Waals surface area contributed by atoms with E-state index < -0.39 is 4.92 Å². The van der Waals surface area contributed by atoms with Crippen LogP contribution in [0.2, 0.25) is 0 Å². The van der Waals surface area contributed by atoms with Crippen molar-refractivity contribution in [1.29, 1.82) is 0 Å². The maximum atomic E-state index is 12.2. The fraction of sp³-hybridized carbons (Fsp3) is 0.316. The molecule has 0 aliphatic rings. The zero-order chi connectivity index (χ0) is 18.4. The number of nitrogens with one attached hydrogen (secondary N) is 1. The van der Waals surface area contributed by atoms with Crippen molar-refractivity contribution in [2.24, 2.45) is 0 Å². The van der Waals surface area contributed by atoms with Crippen molar-refractivity contribution in [3.63, 3.8) is 0 Å². The van der Waals surface area contributed by atoms with Gasteiger partial charge in [-0.15, -0.1) is 0 Å². The van der Waals surface area contributed by atoms with E-state index >= 15 is 0 Å². The van der Waals surface area contributed by atoms with E-state index in [-0.39, 0.29) is 11.6 Å². The quantitative estimate of drug-likeness (QED) is 0.618. The Bertz CT molecular complexity index is 774. The molecule has 0 unspecified atom stereocenters. The van der Waals surface area contributed by atoms with Gasteiger partial charge in [0.2, 0.25) is 0 Å². The predicted octanol–water partition coefficient (Wildman–Crippen LogP) is 3.47. The van der Waals surface area contributed by atoms with Crippen molar-refractivity contribution >= 4 is 17.3 Å². The Morgan fingerprint density at radius 3 is 2.56 bits per heavy atom. The van der Waals surface area contributed by atoms with Crippen LogP contribution in [-0.2, 0) is 0 Å². The van der Waals surface area contributed by atoms with Crippen LogP contribution in [0.15, 0.2) is 42.5 Å². The highest BCUT2D eigenvalue weighted by Gasteiger charge is 2.14. The summed E-state index contributed by atoms with van der Waals surface area (Å²) in [5.74, 6) is -0.224. The van der Waals surface area contributed by atoms with E-state index in [9.17, 15) is 14.9 Å². The molecule has 0 spiro atoms. The molecule has 0 radical (unpaired) electrons. The van der Waals surface area contributed by atoms with E-state index in [1.165, 1.54) is 17.7 Å². The molecule has 0 fully saturated rings. The molecule has 0 saturated heterocycles. The number of nitro groups is 1. The molecule has 0 heterocycles. The molecule has 6 nitrogen and oxygen atoms in total. The van der Waals surface area contributed by atoms with Gasteiger partial charge in [0.1, 0.15) is 0 Å². The van der Waals surface area contributed by atoms with Crippen molar-refractivity contribution in [1.82, 2.24) is 5.32 Å². The Hall–Kier alpha value is -2.89. The Morgan fingerprint density at radius 1 is 1.20 bits per heavy atom. The predicted molar refractivity (Wildman–Crippen MR) is 99.2 cm³/mol. The lowest BCUT2D eigenvalue weighted by Gasteiger charge is -2.23. The van der Waals surface area contributed by atoms with Crippen LogP contribution in [0, 0.1) is 24.0 Å². The van der Waals surface area contributed by atoms with Gasteiger partial charge in [-0.2, -0.15) is 0 Å². The number of nitrogens with zero attached hydrogens (tertiary/aromatic N) is 2. The van der Waals surface area contributed by atoms with Gasteiger partial charge in [-0.3, -0.25) is 14.9 Å². The van der Waals surface area contributed by atoms with Crippen LogP contribution in [0.25, 0.3) is 0 Å². The molecule has 132 valence electrons. The second kappa shape index (κ2) is 8.28. The zero-order valence-electron chi connectivity index (χ0n) is 14.8. The fourth-order valence-electron chi connectivity index (χ4n) is 2.70. The number of anilines is 1. The normalized spacial score (nSPS) is 10.4. The number of carbonyl (C=O) groups excluding carboxylic acids is 1. The van der Waals surface area contributed by atoms with E-state index in [0.29, 0.717) is 24.2 Å². The third kappa shape index (κ3) is 4.79. The van der Waals surface area contributed by atoms with E-state index in [4.69, 9.17) is 0 Å². The highest BCUT2D eigenvalue weighted by Crippen LogP contribution is 2.19. The second-order valence-electron chi connectivity index (χ2n) is 5.93. The second-order valence-corrected chi connectivity index (χ2v) is 5.93. The minimum absolute atomic E-state index is 0.0214. The number of hydrogen-bond donors (Lipinski definition) is 1. The number of benzene rings is 2. The molecular formula is C19H23N3O3. The maximum absolute atomic E-state index is 12.2. The molecule has 2 aromatic carbocycles. The molecule has 0 aliphatic heterocycles. The zero-order valence-corrected chi connectivity index (χ0v) is 14.8. The van der Waals surface area contributed by atoms with Crippen LogP contribution in [0.1, 0.15) is 28.4 Å². The monoisotopic (exact) mass is 341 g/mol. The highest BCUT2D eigenvalue weighted by molar-refractivity contribution is 5.94. The molecule has 0 bridgehead atoms. The van der Waals surface area contributed by atoms with Crippen molar-refractivity contribution < 1.29 is 9.72 Å². The lowest BCUT2D eigenvalue weighted by atomic mass is 10.1. The van der Waals surface area contributed by atoms with Crippen LogP contribution in [0.5, 0.6) is 0 Å². The number of nitro benzene ring substituents is 1. The number of carbonyl (C=O) groups is 1. The van der Waals surface area contributed by atoms with Gasteiger partial charge in [0, 0.05) is 42.5 Å². The average Bonchev–Trinajstić information content (AvgIpc) is 2.58. The van der Waals surface area contributed by atoms with Gasteiger partial charge >= 0.3 is 0 Å². The minimum Gasteiger partial charge on any atom is -0.370 e. The first kappa shape index (κ1) is 18.4. The summed E-state index contributed by atoms with van der Waals surface area (Å²) >= 11 is 0. The van der Waals surface area contributed by atoms with Gasteiger partial charge in [-0.05, 0) is 50.6 Å². The summed E-state index contributed by atoms with van der Waals surface area (Å²) in [4.78, 5) is 24.8. The summed E-state index contributed by atoms with van der Waals surface area (Å²) in [5.41, 5.74) is 3.26. The summed E-state index contributed by atoms with van der Waals surface area (Å²) in [6.07, 6.45) is 0. The first-order chi connectivity index (χ1) is 11.9. The number of likely N-dealkylation sites (N-methyl/N-ethyl adjacent to an activating group) is 1. The Labute approximate surface area is 147 Å². The summed E-state index contributed by atoms with van der Waals surface area (Å²) < 4.78 is 0. The molecule has 1 amide bonds. The topological polar surface area (TPSA) is 75.5 Å². The van der Waals surface area contributed by atoms with Gasteiger partial charge in [0.25, 0.3) is 11.6 Å². The molecule has 2 aromatic rings. The summed E-state index contributed by atoms with van der Waals surface area (Å²) in [6, 6.07) is 12.6. The average molecular weight is 341 g/mol. The number of aryl methyl sites for hydroxylation is 2. The first-order valence-corrected chi connectivity index (χ1v) is 8.27. The molecule has 6 heteroatoms. The van der Waals surface area contributed by atoms with Gasteiger partial charge in [0.05, 0.1) is 4.92 Å².